The van der Waals surface area contributed by atoms with Gasteiger partial charge in [0.15, 0.2) is 0 Å². The molecule has 0 amide bonds. The Kier molecular flexibility index (Phi) is 666. The van der Waals surface area contributed by atoms with E-state index in [1.54, 1.807) is 0 Å². The molecule has 0 aliphatic rings. The van der Waals surface area contributed by atoms with Gasteiger partial charge in [-0.15, -0.1) is 0 Å². The predicted molar refractivity (Wildman–Crippen MR) is 103 cm³/mol. The summed E-state index contributed by atoms with van der Waals surface area (Å²) in [5, 5.41) is 0. The fourth-order valence-electron chi connectivity index (χ4n) is 0. The average Bonchev–Trinajstić information content (AvgIpc) is 1.79. The molecule has 0 rings (SSSR count). The quantitative estimate of drug-likeness (QED) is 0.0795. The van der Waals surface area contributed by atoms with Gasteiger partial charge in [-0.1, -0.05) is 0 Å². The summed E-state index contributed by atoms with van der Waals surface area (Å²) >= 11 is 0. The van der Waals surface area contributed by atoms with E-state index >= 15 is 0 Å². The van der Waals surface area contributed by atoms with Gasteiger partial charge in [-0.2, -0.15) is 42.1 Å². The maximum atomic E-state index is 8.74. The minimum Gasteiger partial charge on any atom is -1.00 e. The van der Waals surface area contributed by atoms with E-state index in [9.17, 15) is 0 Å². The molecule has 54 heteroatoms. The third-order valence-corrected chi connectivity index (χ3v) is 0. The smallest absolute Gasteiger partial charge is 1.00 e. The van der Waals surface area contributed by atoms with Crippen LogP contribution in [0.3, 0.4) is 0 Å². The molecular weight excluding hydrogens is 1150 g/mol. The Balaban J connectivity index is -0.000000000841. The maximum absolute atomic E-state index is 8.74. The first kappa shape index (κ1) is 233. The monoisotopic (exact) mass is 1190 g/mol. The third kappa shape index (κ3) is 629. The van der Waals surface area contributed by atoms with Crippen LogP contribution in [0.15, 0.2) is 0 Å². The van der Waals surface area contributed by atoms with Crippen LogP contribution < -0.4 is 857 Å². The zero-order valence-electron chi connectivity index (χ0n) is 68.6. The van der Waals surface area contributed by atoms with E-state index in [2.05, 4.69) is 0 Å². The summed E-state index contributed by atoms with van der Waals surface area (Å²) in [4.78, 5) is 0. The summed E-state index contributed by atoms with van der Waals surface area (Å²) in [6, 6.07) is 0. The SMILES string of the molecule is O=S(=O)(O)O.O=S(=O)(O)O.O=S(=O)(O)O.O=S(=O)(O)O.O=S(=O)(O)O.[H-].[H-].[H-].[H-].[H-].[H-].[H-].[H-].[H-].[H-].[H-].[H-].[H-].[H-].[H-].[H-].[H-].[H-].[H-].[H-].[H-].[H-].[H-].[H-].[H-].[H-].[H-].[H-].[H-].[Na+].[Na+].[Na+].[Na+].[Na+].[Na+].[Na+].[Na+].[Na+].[Na+].[Na+].[Na+].[Na+].[Na+].[Na+].[Na+].[Na+].[Na+].[Na+].[Na+].[Na+].[Na+].[Na+].[Na+].[Na+].[Na+].[Na+].[Na+].[Na+]. The summed E-state index contributed by atoms with van der Waals surface area (Å²) in [6.45, 7) is 0. The summed E-state index contributed by atoms with van der Waals surface area (Å²) in [5.74, 6) is 0. The molecular formula is H39Na29O20S5. The van der Waals surface area contributed by atoms with Crippen LogP contribution >= 0.6 is 0 Å². The molecule has 0 fully saturated rings. The van der Waals surface area contributed by atoms with E-state index in [0.717, 1.165) is 0 Å². The van der Waals surface area contributed by atoms with Gasteiger partial charge in [0, 0.05) is 0 Å². The predicted octanol–water partition coefficient (Wildman–Crippen LogP) is -86.9. The standard InChI is InChI=1S/29Na.5H2O4S.29H/c;;;;;;;;;;;;;;;;;;;;;;;;;;;;;5*1-5(2,3)4;;;;;;;;;;;;;;;;;;;;;;;;;;;;;/h;;;;;;;;;;;;;;;;;;;;;;;;;;;;;5*(H2,1,2,3,4);;;;;;;;;;;;;;;;;;;;;;;;;;;;;/q29*+1;;;;;;29*-1. The summed E-state index contributed by atoms with van der Waals surface area (Å²) in [5.41, 5.74) is 0. The molecule has 0 saturated heterocycles. The van der Waals surface area contributed by atoms with Crippen LogP contribution in [-0.4, -0.2) is 87.6 Å². The van der Waals surface area contributed by atoms with Crippen LogP contribution in [0.1, 0.15) is 41.4 Å². The molecule has 0 radical (unpaired) electrons. The molecule has 0 aromatic carbocycles. The topological polar surface area (TPSA) is 373 Å². The Morgan fingerprint density at radius 2 is 0.148 bits per heavy atom. The second-order valence-corrected chi connectivity index (χ2v) is 6.72. The van der Waals surface area contributed by atoms with Gasteiger partial charge in [0.1, 0.15) is 0 Å². The number of hydrogen-bond acceptors (Lipinski definition) is 10. The maximum Gasteiger partial charge on any atom is 1.00 e. The van der Waals surface area contributed by atoms with Gasteiger partial charge in [0.25, 0.3) is 0 Å². The van der Waals surface area contributed by atoms with E-state index in [1.807, 2.05) is 0 Å². The molecule has 0 spiro atoms. The van der Waals surface area contributed by atoms with Gasteiger partial charge in [-0.3, -0.25) is 45.5 Å². The molecule has 0 bridgehead atoms. The Bertz CT molecular complexity index is 739. The van der Waals surface area contributed by atoms with Gasteiger partial charge >= 0.3 is 909 Å². The molecule has 0 aromatic heterocycles. The molecule has 0 aliphatic carbocycles. The fourth-order valence-corrected chi connectivity index (χ4v) is 0. The Labute approximate surface area is 1010 Å². The Morgan fingerprint density at radius 1 is 0.148 bits per heavy atom. The van der Waals surface area contributed by atoms with Crippen LogP contribution in [0.25, 0.3) is 0 Å². The van der Waals surface area contributed by atoms with Crippen molar-refractivity contribution in [1.29, 1.82) is 0 Å². The van der Waals surface area contributed by atoms with Crippen molar-refractivity contribution in [3.8, 4) is 0 Å². The van der Waals surface area contributed by atoms with Gasteiger partial charge < -0.3 is 41.4 Å². The second-order valence-electron chi connectivity index (χ2n) is 2.24. The van der Waals surface area contributed by atoms with Gasteiger partial charge in [0.2, 0.25) is 0 Å². The van der Waals surface area contributed by atoms with Gasteiger partial charge in [0.05, 0.1) is 0 Å². The van der Waals surface area contributed by atoms with Crippen molar-refractivity contribution < 1.29 is 986 Å². The zero-order valence-corrected chi connectivity index (χ0v) is 102. The van der Waals surface area contributed by atoms with Crippen molar-refractivity contribution in [3.05, 3.63) is 0 Å². The van der Waals surface area contributed by atoms with E-state index in [-0.39, 0.29) is 899 Å². The van der Waals surface area contributed by atoms with E-state index in [1.165, 1.54) is 0 Å². The normalized spacial score (nSPS) is 5.37. The minimum absolute atomic E-state index is 0. The van der Waals surface area contributed by atoms with E-state index in [4.69, 9.17) is 87.6 Å². The Morgan fingerprint density at radius 3 is 0.148 bits per heavy atom. The molecule has 54 heavy (non-hydrogen) atoms. The van der Waals surface area contributed by atoms with Crippen LogP contribution in [0.2, 0.25) is 0 Å². The zero-order chi connectivity index (χ0) is 22.5. The second kappa shape index (κ2) is 154. The number of rotatable bonds is 0. The molecule has 0 aliphatic heterocycles. The Hall–Kier alpha value is 28.4. The van der Waals surface area contributed by atoms with Crippen molar-refractivity contribution in [3.63, 3.8) is 0 Å². The first-order chi connectivity index (χ1) is 10.0. The molecule has 0 saturated carbocycles. The summed E-state index contributed by atoms with van der Waals surface area (Å²) < 4.78 is 158. The first-order valence-electron chi connectivity index (χ1n) is 3.49. The van der Waals surface area contributed by atoms with Crippen LogP contribution in [-0.2, 0) is 52.0 Å². The molecule has 0 aromatic rings. The first-order valence-corrected chi connectivity index (χ1v) is 10.5. The molecule has 20 nitrogen and oxygen atoms in total. The minimum atomic E-state index is -4.67. The summed E-state index contributed by atoms with van der Waals surface area (Å²) in [7, 11) is -23.3. The van der Waals surface area contributed by atoms with Crippen LogP contribution in [0.5, 0.6) is 0 Å². The third-order valence-electron chi connectivity index (χ3n) is 0. The van der Waals surface area contributed by atoms with E-state index in [0.29, 0.717) is 0 Å². The molecule has 218 valence electrons. The largest absolute Gasteiger partial charge is 1.00 e. The van der Waals surface area contributed by atoms with Crippen molar-refractivity contribution in [1.82, 2.24) is 0 Å². The van der Waals surface area contributed by atoms with E-state index < -0.39 is 52.0 Å². The summed E-state index contributed by atoms with van der Waals surface area (Å²) in [6.07, 6.45) is 0. The molecule has 0 atom stereocenters. The van der Waals surface area contributed by atoms with Crippen LogP contribution in [0.4, 0.5) is 0 Å². The van der Waals surface area contributed by atoms with Gasteiger partial charge in [-0.25, -0.2) is 0 Å². The van der Waals surface area contributed by atoms with Gasteiger partial charge in [-0.05, 0) is 0 Å². The van der Waals surface area contributed by atoms with Crippen LogP contribution in [0, 0.1) is 0 Å². The van der Waals surface area contributed by atoms with Crippen molar-refractivity contribution in [2.45, 2.75) is 0 Å². The molecule has 10 N–H and O–H groups in total. The molecule has 0 unspecified atom stereocenters. The fraction of sp³-hybridized carbons (Fsp3) is 0. The average molecular weight is 1190 g/mol. The van der Waals surface area contributed by atoms with Crippen molar-refractivity contribution in [2.75, 3.05) is 0 Å². The van der Waals surface area contributed by atoms with Crippen molar-refractivity contribution >= 4 is 52.0 Å². The number of hydrogen-bond donors (Lipinski definition) is 10. The molecule has 0 heterocycles. The van der Waals surface area contributed by atoms with Crippen molar-refractivity contribution in [2.24, 2.45) is 0 Å².